The van der Waals surface area contributed by atoms with Gasteiger partial charge in [-0.2, -0.15) is 0 Å². The van der Waals surface area contributed by atoms with E-state index in [0.717, 1.165) is 37.9 Å². The maximum Gasteiger partial charge on any atom is 0.224 e. The van der Waals surface area contributed by atoms with Gasteiger partial charge in [-0.1, -0.05) is 48.5 Å². The lowest BCUT2D eigenvalue weighted by Crippen LogP contribution is -2.36. The Balaban J connectivity index is 0.00000210. The van der Waals surface area contributed by atoms with Crippen LogP contribution in [0.1, 0.15) is 36.4 Å². The molecule has 1 amide bonds. The first-order valence-corrected chi connectivity index (χ1v) is 9.47. The highest BCUT2D eigenvalue weighted by Gasteiger charge is 2.57. The zero-order chi connectivity index (χ0) is 18.0. The number of nitrogens with one attached hydrogen (secondary N) is 2. The molecule has 2 unspecified atom stereocenters. The molecule has 1 spiro atoms. The molecule has 1 aliphatic carbocycles. The lowest BCUT2D eigenvalue weighted by molar-refractivity contribution is -0.124. The van der Waals surface area contributed by atoms with E-state index in [1.807, 2.05) is 36.4 Å². The third-order valence-corrected chi connectivity index (χ3v) is 5.99. The molecule has 2 aliphatic rings. The molecule has 144 valence electrons. The molecule has 2 aromatic carbocycles. The SMILES string of the molecule is Cl.O=C(NC(Cc1ccccc1)c1ccccc1F)C1CC12CCNCC2. The highest BCUT2D eigenvalue weighted by Crippen LogP contribution is 2.58. The van der Waals surface area contributed by atoms with Crippen molar-refractivity contribution in [2.24, 2.45) is 11.3 Å². The summed E-state index contributed by atoms with van der Waals surface area (Å²) < 4.78 is 14.4. The molecule has 0 bridgehead atoms. The van der Waals surface area contributed by atoms with E-state index in [-0.39, 0.29) is 41.5 Å². The van der Waals surface area contributed by atoms with Crippen LogP contribution in [0.15, 0.2) is 54.6 Å². The van der Waals surface area contributed by atoms with Crippen molar-refractivity contribution in [3.63, 3.8) is 0 Å². The van der Waals surface area contributed by atoms with E-state index in [1.54, 1.807) is 12.1 Å². The lowest BCUT2D eigenvalue weighted by atomic mass is 9.91. The number of carbonyl (C=O) groups excluding carboxylic acids is 1. The van der Waals surface area contributed by atoms with E-state index in [0.29, 0.717) is 12.0 Å². The molecule has 1 saturated carbocycles. The van der Waals surface area contributed by atoms with Gasteiger partial charge in [0.25, 0.3) is 0 Å². The number of hydrogen-bond acceptors (Lipinski definition) is 2. The van der Waals surface area contributed by atoms with Gasteiger partial charge in [-0.15, -0.1) is 12.4 Å². The van der Waals surface area contributed by atoms with Crippen molar-refractivity contribution in [3.05, 3.63) is 71.5 Å². The molecular formula is C22H26ClFN2O. The van der Waals surface area contributed by atoms with Crippen LogP contribution < -0.4 is 10.6 Å². The molecule has 1 aliphatic heterocycles. The normalized spacial score (nSPS) is 21.1. The van der Waals surface area contributed by atoms with Gasteiger partial charge in [0.15, 0.2) is 0 Å². The maximum absolute atomic E-state index is 14.4. The predicted octanol–water partition coefficient (Wildman–Crippen LogP) is 4.04. The van der Waals surface area contributed by atoms with Crippen LogP contribution in [-0.4, -0.2) is 19.0 Å². The Morgan fingerprint density at radius 2 is 1.78 bits per heavy atom. The zero-order valence-corrected chi connectivity index (χ0v) is 16.1. The number of carbonyl (C=O) groups is 1. The van der Waals surface area contributed by atoms with Crippen molar-refractivity contribution >= 4 is 18.3 Å². The second kappa shape index (κ2) is 8.41. The van der Waals surface area contributed by atoms with Gasteiger partial charge < -0.3 is 10.6 Å². The Bertz CT molecular complexity index is 777. The molecule has 0 radical (unpaired) electrons. The third kappa shape index (κ3) is 4.33. The summed E-state index contributed by atoms with van der Waals surface area (Å²) in [5, 5.41) is 6.52. The summed E-state index contributed by atoms with van der Waals surface area (Å²) >= 11 is 0. The number of hydrogen-bond donors (Lipinski definition) is 2. The van der Waals surface area contributed by atoms with Crippen LogP contribution >= 0.6 is 12.4 Å². The topological polar surface area (TPSA) is 41.1 Å². The van der Waals surface area contributed by atoms with E-state index < -0.39 is 0 Å². The van der Waals surface area contributed by atoms with Crippen LogP contribution in [0, 0.1) is 17.2 Å². The first-order valence-electron chi connectivity index (χ1n) is 9.47. The summed E-state index contributed by atoms with van der Waals surface area (Å²) in [4.78, 5) is 12.9. The minimum Gasteiger partial charge on any atom is -0.349 e. The summed E-state index contributed by atoms with van der Waals surface area (Å²) in [5.74, 6) is -0.105. The van der Waals surface area contributed by atoms with Gasteiger partial charge >= 0.3 is 0 Å². The highest BCUT2D eigenvalue weighted by atomic mass is 35.5. The van der Waals surface area contributed by atoms with Crippen LogP contribution in [-0.2, 0) is 11.2 Å². The minimum absolute atomic E-state index is 0. The fourth-order valence-electron chi connectivity index (χ4n) is 4.31. The number of rotatable bonds is 5. The summed E-state index contributed by atoms with van der Waals surface area (Å²) in [6, 6.07) is 16.4. The van der Waals surface area contributed by atoms with Gasteiger partial charge in [-0.05, 0) is 55.8 Å². The van der Waals surface area contributed by atoms with Crippen molar-refractivity contribution in [2.45, 2.75) is 31.7 Å². The van der Waals surface area contributed by atoms with Gasteiger partial charge in [-0.3, -0.25) is 4.79 Å². The van der Waals surface area contributed by atoms with E-state index in [2.05, 4.69) is 10.6 Å². The Hall–Kier alpha value is -1.91. The maximum atomic E-state index is 14.4. The molecule has 2 aromatic rings. The fourth-order valence-corrected chi connectivity index (χ4v) is 4.31. The quantitative estimate of drug-likeness (QED) is 0.811. The molecule has 3 nitrogen and oxygen atoms in total. The molecule has 4 rings (SSSR count). The molecule has 5 heteroatoms. The predicted molar refractivity (Wildman–Crippen MR) is 107 cm³/mol. The average molecular weight is 389 g/mol. The molecular weight excluding hydrogens is 363 g/mol. The lowest BCUT2D eigenvalue weighted by Gasteiger charge is -2.25. The largest absolute Gasteiger partial charge is 0.349 e. The van der Waals surface area contributed by atoms with E-state index in [4.69, 9.17) is 0 Å². The van der Waals surface area contributed by atoms with Crippen LogP contribution in [0.4, 0.5) is 4.39 Å². The van der Waals surface area contributed by atoms with E-state index in [9.17, 15) is 9.18 Å². The summed E-state index contributed by atoms with van der Waals surface area (Å²) in [5.41, 5.74) is 1.83. The molecule has 2 atom stereocenters. The van der Waals surface area contributed by atoms with Crippen LogP contribution in [0.5, 0.6) is 0 Å². The first-order chi connectivity index (χ1) is 12.7. The monoisotopic (exact) mass is 388 g/mol. The molecule has 2 N–H and O–H groups in total. The Morgan fingerprint density at radius 3 is 2.48 bits per heavy atom. The van der Waals surface area contributed by atoms with Gasteiger partial charge in [-0.25, -0.2) is 4.39 Å². The molecule has 1 saturated heterocycles. The Kier molecular flexibility index (Phi) is 6.18. The summed E-state index contributed by atoms with van der Waals surface area (Å²) in [7, 11) is 0. The fraction of sp³-hybridized carbons (Fsp3) is 0.409. The van der Waals surface area contributed by atoms with Gasteiger partial charge in [0.1, 0.15) is 5.82 Å². The number of piperidine rings is 1. The molecule has 1 heterocycles. The van der Waals surface area contributed by atoms with Crippen molar-refractivity contribution in [1.82, 2.24) is 10.6 Å². The second-order valence-electron chi connectivity index (χ2n) is 7.64. The van der Waals surface area contributed by atoms with Crippen molar-refractivity contribution in [1.29, 1.82) is 0 Å². The number of halogens is 2. The molecule has 27 heavy (non-hydrogen) atoms. The van der Waals surface area contributed by atoms with Crippen molar-refractivity contribution in [2.75, 3.05) is 13.1 Å². The van der Waals surface area contributed by atoms with Crippen LogP contribution in [0.2, 0.25) is 0 Å². The van der Waals surface area contributed by atoms with E-state index in [1.165, 1.54) is 6.07 Å². The van der Waals surface area contributed by atoms with E-state index >= 15 is 0 Å². The number of benzene rings is 2. The van der Waals surface area contributed by atoms with Gasteiger partial charge in [0.2, 0.25) is 5.91 Å². The van der Waals surface area contributed by atoms with Crippen molar-refractivity contribution < 1.29 is 9.18 Å². The highest BCUT2D eigenvalue weighted by molar-refractivity contribution is 5.85. The number of amides is 1. The first kappa shape index (κ1) is 19.8. The standard InChI is InChI=1S/C22H25FN2O.ClH/c23-19-9-5-4-8-17(19)20(14-16-6-2-1-3-7-16)25-21(26)18-15-22(18)10-12-24-13-11-22;/h1-9,18,20,24H,10-15H2,(H,25,26);1H. The van der Waals surface area contributed by atoms with Gasteiger partial charge in [0.05, 0.1) is 6.04 Å². The minimum atomic E-state index is -0.342. The smallest absolute Gasteiger partial charge is 0.224 e. The zero-order valence-electron chi connectivity index (χ0n) is 15.3. The van der Waals surface area contributed by atoms with Crippen molar-refractivity contribution in [3.8, 4) is 0 Å². The summed E-state index contributed by atoms with van der Waals surface area (Å²) in [6.45, 7) is 1.98. The summed E-state index contributed by atoms with van der Waals surface area (Å²) in [6.07, 6.45) is 3.69. The average Bonchev–Trinajstić information content (AvgIpc) is 3.36. The second-order valence-corrected chi connectivity index (χ2v) is 7.64. The molecule has 0 aromatic heterocycles. The molecule has 2 fully saturated rings. The van der Waals surface area contributed by atoms with Crippen LogP contribution in [0.3, 0.4) is 0 Å². The third-order valence-electron chi connectivity index (χ3n) is 5.99. The Morgan fingerprint density at radius 1 is 1.11 bits per heavy atom. The Labute approximate surface area is 166 Å². The van der Waals surface area contributed by atoms with Crippen LogP contribution in [0.25, 0.3) is 0 Å². The van der Waals surface area contributed by atoms with Gasteiger partial charge in [0, 0.05) is 11.5 Å².